The summed E-state index contributed by atoms with van der Waals surface area (Å²) in [5.74, 6) is 0. The Morgan fingerprint density at radius 1 is 1.19 bits per heavy atom. The van der Waals surface area contributed by atoms with Gasteiger partial charge < -0.3 is 0 Å². The van der Waals surface area contributed by atoms with Gasteiger partial charge in [0.15, 0.2) is 8.07 Å². The maximum atomic E-state index is 4.35. The summed E-state index contributed by atoms with van der Waals surface area (Å²) >= 11 is 1.75. The molecule has 2 nitrogen and oxygen atoms in total. The van der Waals surface area contributed by atoms with E-state index in [1.54, 1.807) is 11.3 Å². The van der Waals surface area contributed by atoms with Crippen LogP contribution >= 0.6 is 11.3 Å². The van der Waals surface area contributed by atoms with Crippen LogP contribution in [0, 0.1) is 0 Å². The van der Waals surface area contributed by atoms with Crippen LogP contribution in [0.1, 0.15) is 4.88 Å². The van der Waals surface area contributed by atoms with Crippen LogP contribution < -0.4 is 5.45 Å². The second-order valence-electron chi connectivity index (χ2n) is 4.14. The highest BCUT2D eigenvalue weighted by atomic mass is 32.1. The quantitative estimate of drug-likeness (QED) is 0.778. The highest BCUT2D eigenvalue weighted by Crippen LogP contribution is 2.12. The number of hydrogen-bond donors (Lipinski definition) is 0. The van der Waals surface area contributed by atoms with Crippen molar-refractivity contribution in [1.29, 1.82) is 0 Å². The molecule has 0 saturated heterocycles. The van der Waals surface area contributed by atoms with Crippen molar-refractivity contribution < 1.29 is 0 Å². The average Bonchev–Trinajstić information content (AvgIpc) is 2.81. The molecule has 0 saturated carbocycles. The molecule has 2 aromatic rings. The maximum absolute atomic E-state index is 4.35. The topological polar surface area (TPSA) is 25.8 Å². The van der Waals surface area contributed by atoms with Crippen LogP contribution in [0.3, 0.4) is 0 Å². The van der Waals surface area contributed by atoms with Crippen molar-refractivity contribution >= 4 is 30.9 Å². The second kappa shape index (κ2) is 4.72. The van der Waals surface area contributed by atoms with Gasteiger partial charge in [-0.2, -0.15) is 0 Å². The summed E-state index contributed by atoms with van der Waals surface area (Å²) in [7, 11) is -1.63. The molecule has 82 valence electrons. The van der Waals surface area contributed by atoms with E-state index in [9.17, 15) is 0 Å². The lowest BCUT2D eigenvalue weighted by molar-refractivity contribution is 1.22. The van der Waals surface area contributed by atoms with Crippen LogP contribution in [0.4, 0.5) is 0 Å². The fraction of sp³-hybridized carbons (Fsp3) is 0.167. The molecule has 0 N–H and O–H groups in total. The molecular formula is C12H14N2SSi. The predicted molar refractivity (Wildman–Crippen MR) is 72.5 cm³/mol. The number of nitrogens with zero attached hydrogens (tertiary/aromatic N) is 2. The number of thiophene rings is 1. The van der Waals surface area contributed by atoms with Gasteiger partial charge in [0.05, 0.1) is 0 Å². The van der Waals surface area contributed by atoms with Gasteiger partial charge in [-0.3, -0.25) is 0 Å². The molecule has 0 aromatic carbocycles. The SMILES string of the molecule is C[Si](C)(/C=C/c1cccs1)c1ncccn1. The third-order valence-electron chi connectivity index (χ3n) is 2.35. The molecule has 0 amide bonds. The fourth-order valence-corrected chi connectivity index (χ4v) is 3.68. The molecule has 2 aromatic heterocycles. The Morgan fingerprint density at radius 2 is 1.94 bits per heavy atom. The summed E-state index contributed by atoms with van der Waals surface area (Å²) in [4.78, 5) is 9.99. The summed E-state index contributed by atoms with van der Waals surface area (Å²) in [6.45, 7) is 4.51. The zero-order chi connectivity index (χ0) is 11.4. The standard InChI is InChI=1S/C12H14N2SSi/c1-16(2,12-13-7-4-8-14-12)10-6-11-5-3-9-15-11/h3-10H,1-2H3/b10-6+. The number of hydrogen-bond acceptors (Lipinski definition) is 3. The first-order chi connectivity index (χ1) is 7.68. The largest absolute Gasteiger partial charge is 0.246 e. The van der Waals surface area contributed by atoms with E-state index >= 15 is 0 Å². The number of aromatic nitrogens is 2. The smallest absolute Gasteiger partial charge is 0.152 e. The fourth-order valence-electron chi connectivity index (χ4n) is 1.38. The van der Waals surface area contributed by atoms with Crippen molar-refractivity contribution in [2.75, 3.05) is 0 Å². The first-order valence-corrected chi connectivity index (χ1v) is 9.14. The Hall–Kier alpha value is -1.26. The first-order valence-electron chi connectivity index (χ1n) is 5.19. The minimum atomic E-state index is -1.63. The molecule has 4 heteroatoms. The third kappa shape index (κ3) is 2.65. The van der Waals surface area contributed by atoms with E-state index in [0.717, 1.165) is 5.45 Å². The molecule has 0 aliphatic carbocycles. The normalized spacial score (nSPS) is 12.1. The molecule has 2 heterocycles. The van der Waals surface area contributed by atoms with E-state index in [1.807, 2.05) is 18.5 Å². The van der Waals surface area contributed by atoms with Gasteiger partial charge in [0.25, 0.3) is 0 Å². The van der Waals surface area contributed by atoms with Crippen molar-refractivity contribution in [2.45, 2.75) is 13.1 Å². The van der Waals surface area contributed by atoms with Crippen LogP contribution in [-0.2, 0) is 0 Å². The van der Waals surface area contributed by atoms with Gasteiger partial charge in [0, 0.05) is 17.3 Å². The predicted octanol–water partition coefficient (Wildman–Crippen LogP) is 2.71. The summed E-state index contributed by atoms with van der Waals surface area (Å²) < 4.78 is 0. The molecule has 0 fully saturated rings. The highest BCUT2D eigenvalue weighted by molar-refractivity contribution is 7.11. The molecule has 0 unspecified atom stereocenters. The second-order valence-corrected chi connectivity index (χ2v) is 9.35. The minimum absolute atomic E-state index is 0.989. The van der Waals surface area contributed by atoms with Gasteiger partial charge in [0.1, 0.15) is 5.45 Å². The molecule has 2 rings (SSSR count). The number of rotatable bonds is 3. The van der Waals surface area contributed by atoms with Gasteiger partial charge >= 0.3 is 0 Å². The Morgan fingerprint density at radius 3 is 2.56 bits per heavy atom. The van der Waals surface area contributed by atoms with E-state index in [0.29, 0.717) is 0 Å². The van der Waals surface area contributed by atoms with Gasteiger partial charge in [-0.05, 0) is 17.5 Å². The zero-order valence-corrected chi connectivity index (χ0v) is 11.2. The highest BCUT2D eigenvalue weighted by Gasteiger charge is 2.22. The van der Waals surface area contributed by atoms with Gasteiger partial charge in [0.2, 0.25) is 0 Å². The van der Waals surface area contributed by atoms with Gasteiger partial charge in [-0.1, -0.05) is 30.9 Å². The van der Waals surface area contributed by atoms with Gasteiger partial charge in [-0.15, -0.1) is 11.3 Å². The monoisotopic (exact) mass is 246 g/mol. The summed E-state index contributed by atoms with van der Waals surface area (Å²) in [6, 6.07) is 6.05. The summed E-state index contributed by atoms with van der Waals surface area (Å²) in [5, 5.41) is 2.09. The van der Waals surface area contributed by atoms with E-state index in [4.69, 9.17) is 0 Å². The molecule has 0 radical (unpaired) electrons. The summed E-state index contributed by atoms with van der Waals surface area (Å²) in [5.41, 5.74) is 3.27. The first kappa shape index (κ1) is 11.2. The Bertz CT molecular complexity index is 463. The van der Waals surface area contributed by atoms with Crippen molar-refractivity contribution in [3.63, 3.8) is 0 Å². The van der Waals surface area contributed by atoms with E-state index in [2.05, 4.69) is 52.4 Å². The molecule has 0 bridgehead atoms. The molecule has 16 heavy (non-hydrogen) atoms. The van der Waals surface area contributed by atoms with Crippen molar-refractivity contribution in [3.05, 3.63) is 46.5 Å². The summed E-state index contributed by atoms with van der Waals surface area (Å²) in [6.07, 6.45) is 5.82. The zero-order valence-electron chi connectivity index (χ0n) is 9.42. The van der Waals surface area contributed by atoms with E-state index < -0.39 is 8.07 Å². The van der Waals surface area contributed by atoms with E-state index in [-0.39, 0.29) is 0 Å². The molecular weight excluding hydrogens is 232 g/mol. The lowest BCUT2D eigenvalue weighted by Gasteiger charge is -2.14. The van der Waals surface area contributed by atoms with Crippen LogP contribution in [0.15, 0.2) is 41.7 Å². The third-order valence-corrected chi connectivity index (χ3v) is 5.60. The Kier molecular flexibility index (Phi) is 3.31. The van der Waals surface area contributed by atoms with Crippen molar-refractivity contribution in [1.82, 2.24) is 9.97 Å². The Labute approximate surface area is 101 Å². The van der Waals surface area contributed by atoms with Crippen molar-refractivity contribution in [2.24, 2.45) is 0 Å². The van der Waals surface area contributed by atoms with Crippen molar-refractivity contribution in [3.8, 4) is 0 Å². The van der Waals surface area contributed by atoms with Gasteiger partial charge in [-0.25, -0.2) is 9.97 Å². The molecule has 0 aliphatic rings. The Balaban J connectivity index is 2.20. The average molecular weight is 246 g/mol. The van der Waals surface area contributed by atoms with Crippen LogP contribution in [0.25, 0.3) is 6.08 Å². The molecule has 0 aliphatic heterocycles. The molecule has 0 spiro atoms. The van der Waals surface area contributed by atoms with E-state index in [1.165, 1.54) is 4.88 Å². The molecule has 0 atom stereocenters. The minimum Gasteiger partial charge on any atom is -0.246 e. The van der Waals surface area contributed by atoms with Crippen LogP contribution in [0.5, 0.6) is 0 Å². The van der Waals surface area contributed by atoms with Crippen LogP contribution in [0.2, 0.25) is 13.1 Å². The lowest BCUT2D eigenvalue weighted by Crippen LogP contribution is -2.43. The van der Waals surface area contributed by atoms with Crippen LogP contribution in [-0.4, -0.2) is 18.0 Å². The maximum Gasteiger partial charge on any atom is 0.152 e. The lowest BCUT2D eigenvalue weighted by atomic mass is 10.5.